The van der Waals surface area contributed by atoms with Crippen molar-refractivity contribution in [2.75, 3.05) is 17.2 Å². The quantitative estimate of drug-likeness (QED) is 0.427. The number of anilines is 3. The maximum Gasteiger partial charge on any atom is 0.248 e. The maximum atomic E-state index is 11.9. The van der Waals surface area contributed by atoms with Gasteiger partial charge in [0, 0.05) is 23.0 Å². The largest absolute Gasteiger partial charge is 0.392 e. The van der Waals surface area contributed by atoms with E-state index in [1.165, 1.54) is 12.2 Å². The van der Waals surface area contributed by atoms with Gasteiger partial charge in [-0.1, -0.05) is 36.4 Å². The van der Waals surface area contributed by atoms with E-state index < -0.39 is 0 Å². The molecule has 0 saturated heterocycles. The van der Waals surface area contributed by atoms with Crippen molar-refractivity contribution < 1.29 is 9.90 Å². The third-order valence-electron chi connectivity index (χ3n) is 4.66. The number of carbonyl (C=O) groups is 1. The third-order valence-corrected chi connectivity index (χ3v) is 4.66. The van der Waals surface area contributed by atoms with E-state index in [4.69, 9.17) is 5.11 Å². The topological polar surface area (TPSA) is 91.5 Å². The van der Waals surface area contributed by atoms with Crippen LogP contribution in [0, 0.1) is 6.92 Å². The van der Waals surface area contributed by atoms with Gasteiger partial charge in [0.05, 0.1) is 31.0 Å². The fourth-order valence-corrected chi connectivity index (χ4v) is 3.17. The number of imidazole rings is 1. The van der Waals surface area contributed by atoms with Crippen molar-refractivity contribution in [3.63, 3.8) is 0 Å². The van der Waals surface area contributed by atoms with E-state index in [1.54, 1.807) is 24.8 Å². The summed E-state index contributed by atoms with van der Waals surface area (Å²) in [5, 5.41) is 15.0. The number of amides is 1. The molecule has 2 aromatic carbocycles. The molecule has 0 unspecified atom stereocenters. The van der Waals surface area contributed by atoms with Crippen molar-refractivity contribution in [2.45, 2.75) is 6.92 Å². The summed E-state index contributed by atoms with van der Waals surface area (Å²) in [6, 6.07) is 15.5. The molecular formula is C23H21N5O2. The first-order valence-electron chi connectivity index (χ1n) is 9.48. The number of rotatable bonds is 6. The van der Waals surface area contributed by atoms with Crippen molar-refractivity contribution in [1.82, 2.24) is 14.4 Å². The molecule has 4 rings (SSSR count). The van der Waals surface area contributed by atoms with Crippen molar-refractivity contribution in [3.8, 4) is 11.3 Å². The Labute approximate surface area is 173 Å². The lowest BCUT2D eigenvalue weighted by molar-refractivity contribution is -0.111. The lowest BCUT2D eigenvalue weighted by Crippen LogP contribution is -2.08. The van der Waals surface area contributed by atoms with Crippen molar-refractivity contribution in [1.29, 1.82) is 0 Å². The van der Waals surface area contributed by atoms with Gasteiger partial charge in [-0.3, -0.25) is 9.20 Å². The van der Waals surface area contributed by atoms with Crippen LogP contribution in [0.15, 0.2) is 79.4 Å². The summed E-state index contributed by atoms with van der Waals surface area (Å²) in [4.78, 5) is 20.8. The van der Waals surface area contributed by atoms with Gasteiger partial charge in [-0.15, -0.1) is 0 Å². The third kappa shape index (κ3) is 4.06. The minimum atomic E-state index is -0.301. The summed E-state index contributed by atoms with van der Waals surface area (Å²) in [5.74, 6) is 0.411. The van der Waals surface area contributed by atoms with E-state index in [2.05, 4.69) is 20.6 Å². The maximum absolute atomic E-state index is 11.9. The van der Waals surface area contributed by atoms with Crippen molar-refractivity contribution in [3.05, 3.63) is 85.0 Å². The summed E-state index contributed by atoms with van der Waals surface area (Å²) in [5.41, 5.74) is 5.34. The lowest BCUT2D eigenvalue weighted by Gasteiger charge is -2.13. The molecule has 7 heteroatoms. The average Bonchev–Trinajstić information content (AvgIpc) is 3.24. The molecule has 1 amide bonds. The fraction of sp³-hybridized carbons (Fsp3) is 0.0870. The molecule has 4 aromatic rings. The molecule has 2 heterocycles. The van der Waals surface area contributed by atoms with E-state index in [1.807, 2.05) is 53.8 Å². The molecule has 0 aliphatic heterocycles. The van der Waals surface area contributed by atoms with Gasteiger partial charge in [-0.25, -0.2) is 9.97 Å². The number of para-hydroxylation sites is 1. The number of nitrogens with zero attached hydrogens (tertiary/aromatic N) is 3. The number of carbonyl (C=O) groups excluding carboxylic acids is 1. The molecule has 0 bridgehead atoms. The van der Waals surface area contributed by atoms with Crippen LogP contribution in [-0.2, 0) is 4.79 Å². The summed E-state index contributed by atoms with van der Waals surface area (Å²) in [6.45, 7) is 1.86. The number of nitrogens with one attached hydrogen (secondary N) is 2. The molecule has 0 fully saturated rings. The SMILES string of the molecule is Cc1ccccc1Nc1ncc(-c2cccc(NC(=O)/C=C/CO)c2)n2cncc12. The molecule has 0 aliphatic carbocycles. The number of aliphatic hydroxyl groups excluding tert-OH is 1. The Bertz CT molecular complexity index is 1230. The predicted molar refractivity (Wildman–Crippen MR) is 118 cm³/mol. The highest BCUT2D eigenvalue weighted by atomic mass is 16.2. The van der Waals surface area contributed by atoms with Crippen LogP contribution in [-0.4, -0.2) is 32.0 Å². The number of aliphatic hydroxyl groups is 1. The van der Waals surface area contributed by atoms with Crippen LogP contribution in [0.1, 0.15) is 5.56 Å². The minimum Gasteiger partial charge on any atom is -0.392 e. The highest BCUT2D eigenvalue weighted by molar-refractivity contribution is 5.99. The molecule has 7 nitrogen and oxygen atoms in total. The zero-order chi connectivity index (χ0) is 20.9. The molecule has 0 aliphatic rings. The summed E-state index contributed by atoms with van der Waals surface area (Å²) in [6.07, 6.45) is 7.97. The lowest BCUT2D eigenvalue weighted by atomic mass is 10.1. The molecule has 3 N–H and O–H groups in total. The molecular weight excluding hydrogens is 378 g/mol. The average molecular weight is 399 g/mol. The van der Waals surface area contributed by atoms with E-state index in [-0.39, 0.29) is 12.5 Å². The Balaban J connectivity index is 1.67. The Kier molecular flexibility index (Phi) is 5.54. The number of fused-ring (bicyclic) bond motifs is 1. The van der Waals surface area contributed by atoms with Crippen LogP contribution in [0.5, 0.6) is 0 Å². The smallest absolute Gasteiger partial charge is 0.248 e. The van der Waals surface area contributed by atoms with Gasteiger partial charge >= 0.3 is 0 Å². The second-order valence-electron chi connectivity index (χ2n) is 6.74. The Hall–Kier alpha value is -3.97. The molecule has 0 saturated carbocycles. The highest BCUT2D eigenvalue weighted by Gasteiger charge is 2.11. The molecule has 2 aromatic heterocycles. The molecule has 0 spiro atoms. The fourth-order valence-electron chi connectivity index (χ4n) is 3.17. The number of aromatic nitrogens is 3. The monoisotopic (exact) mass is 399 g/mol. The van der Waals surface area contributed by atoms with Crippen LogP contribution >= 0.6 is 0 Å². The number of benzene rings is 2. The number of hydrogen-bond acceptors (Lipinski definition) is 5. The minimum absolute atomic E-state index is 0.180. The molecule has 0 atom stereocenters. The zero-order valence-electron chi connectivity index (χ0n) is 16.4. The van der Waals surface area contributed by atoms with E-state index in [0.717, 1.165) is 28.0 Å². The first kappa shape index (κ1) is 19.4. The highest BCUT2D eigenvalue weighted by Crippen LogP contribution is 2.28. The van der Waals surface area contributed by atoms with Crippen LogP contribution in [0.25, 0.3) is 16.8 Å². The van der Waals surface area contributed by atoms with Crippen molar-refractivity contribution in [2.24, 2.45) is 0 Å². The molecule has 0 radical (unpaired) electrons. The second-order valence-corrected chi connectivity index (χ2v) is 6.74. The molecule has 30 heavy (non-hydrogen) atoms. The van der Waals surface area contributed by atoms with Crippen LogP contribution in [0.4, 0.5) is 17.2 Å². The Morgan fingerprint density at radius 1 is 1.17 bits per heavy atom. The van der Waals surface area contributed by atoms with Gasteiger partial charge in [0.2, 0.25) is 5.91 Å². The summed E-state index contributed by atoms with van der Waals surface area (Å²) in [7, 11) is 0. The Morgan fingerprint density at radius 2 is 2.03 bits per heavy atom. The van der Waals surface area contributed by atoms with Gasteiger partial charge in [0.25, 0.3) is 0 Å². The van der Waals surface area contributed by atoms with Crippen LogP contribution < -0.4 is 10.6 Å². The first-order chi connectivity index (χ1) is 14.7. The van der Waals surface area contributed by atoms with E-state index >= 15 is 0 Å². The Morgan fingerprint density at radius 3 is 2.87 bits per heavy atom. The van der Waals surface area contributed by atoms with Crippen molar-refractivity contribution >= 4 is 28.6 Å². The van der Waals surface area contributed by atoms with E-state index in [9.17, 15) is 4.79 Å². The van der Waals surface area contributed by atoms with Crippen LogP contribution in [0.2, 0.25) is 0 Å². The zero-order valence-corrected chi connectivity index (χ0v) is 16.4. The van der Waals surface area contributed by atoms with Crippen LogP contribution in [0.3, 0.4) is 0 Å². The summed E-state index contributed by atoms with van der Waals surface area (Å²) >= 11 is 0. The normalized spacial score (nSPS) is 11.1. The second kappa shape index (κ2) is 8.59. The van der Waals surface area contributed by atoms with Gasteiger partial charge in [-0.05, 0) is 30.7 Å². The summed E-state index contributed by atoms with van der Waals surface area (Å²) < 4.78 is 1.96. The number of hydrogen-bond donors (Lipinski definition) is 3. The molecule has 150 valence electrons. The van der Waals surface area contributed by atoms with E-state index in [0.29, 0.717) is 11.5 Å². The van der Waals surface area contributed by atoms with Gasteiger partial charge in [0.1, 0.15) is 5.52 Å². The standard InChI is InChI=1S/C23H21N5O2/c1-16-6-2-3-9-19(16)27-23-21-13-24-15-28(21)20(14-25-23)17-7-4-8-18(12-17)26-22(30)10-5-11-29/h2-10,12-15,29H,11H2,1H3,(H,25,27)(H,26,30)/b10-5+. The van der Waals surface area contributed by atoms with Gasteiger partial charge in [0.15, 0.2) is 5.82 Å². The number of aryl methyl sites for hydroxylation is 1. The van der Waals surface area contributed by atoms with Gasteiger partial charge < -0.3 is 15.7 Å². The first-order valence-corrected chi connectivity index (χ1v) is 9.48. The predicted octanol–water partition coefficient (Wildman–Crippen LogP) is 3.94. The van der Waals surface area contributed by atoms with Gasteiger partial charge in [-0.2, -0.15) is 0 Å².